The fourth-order valence-electron chi connectivity index (χ4n) is 0.661. The normalized spacial score (nSPS) is 11.1. The Morgan fingerprint density at radius 1 is 1.46 bits per heavy atom. The maximum absolute atomic E-state index is 11.6. The number of alkyl carbamates (subject to hydrolysis) is 1. The number of carbonyl (C=O) groups excluding carboxylic acids is 1. The molecular weight excluding hydrogens is 187 g/mol. The molecule has 0 atom stereocenters. The van der Waals surface area contributed by atoms with E-state index in [0.717, 1.165) is 0 Å². The van der Waals surface area contributed by atoms with Crippen molar-refractivity contribution < 1.29 is 22.7 Å². The monoisotopic (exact) mass is 199 g/mol. The van der Waals surface area contributed by atoms with Gasteiger partial charge in [-0.3, -0.25) is 0 Å². The highest BCUT2D eigenvalue weighted by Gasteiger charge is 2.25. The molecule has 1 amide bonds. The SMILES string of the molecule is CCOC(=O)NCCCC(F)(F)F. The smallest absolute Gasteiger partial charge is 0.407 e. The van der Waals surface area contributed by atoms with Crippen LogP contribution in [0.5, 0.6) is 0 Å². The summed E-state index contributed by atoms with van der Waals surface area (Å²) in [6.45, 7) is 1.82. The number of halogens is 3. The first-order valence-electron chi connectivity index (χ1n) is 3.93. The highest BCUT2D eigenvalue weighted by atomic mass is 19.4. The summed E-state index contributed by atoms with van der Waals surface area (Å²) in [5, 5.41) is 2.19. The van der Waals surface area contributed by atoms with Gasteiger partial charge in [0.1, 0.15) is 0 Å². The van der Waals surface area contributed by atoms with Crippen molar-refractivity contribution in [2.45, 2.75) is 25.9 Å². The number of hydrogen-bond acceptors (Lipinski definition) is 2. The summed E-state index contributed by atoms with van der Waals surface area (Å²) in [6, 6.07) is 0. The van der Waals surface area contributed by atoms with Gasteiger partial charge >= 0.3 is 12.3 Å². The lowest BCUT2D eigenvalue weighted by molar-refractivity contribution is -0.135. The Morgan fingerprint density at radius 2 is 2.08 bits per heavy atom. The van der Waals surface area contributed by atoms with E-state index in [2.05, 4.69) is 10.1 Å². The first kappa shape index (κ1) is 12.1. The van der Waals surface area contributed by atoms with Crippen LogP contribution in [0.15, 0.2) is 0 Å². The predicted octanol–water partition coefficient (Wildman–Crippen LogP) is 2.08. The third-order valence-corrected chi connectivity index (χ3v) is 1.18. The molecule has 78 valence electrons. The Hall–Kier alpha value is -0.940. The average molecular weight is 199 g/mol. The van der Waals surface area contributed by atoms with Crippen molar-refractivity contribution in [3.8, 4) is 0 Å². The molecular formula is C7H12F3NO2. The summed E-state index contributed by atoms with van der Waals surface area (Å²) in [5.41, 5.74) is 0. The van der Waals surface area contributed by atoms with E-state index in [1.807, 2.05) is 0 Å². The molecule has 0 spiro atoms. The van der Waals surface area contributed by atoms with Crippen molar-refractivity contribution in [1.29, 1.82) is 0 Å². The van der Waals surface area contributed by atoms with E-state index in [0.29, 0.717) is 0 Å². The zero-order valence-electron chi connectivity index (χ0n) is 7.28. The van der Waals surface area contributed by atoms with E-state index in [4.69, 9.17) is 0 Å². The highest BCUT2D eigenvalue weighted by Crippen LogP contribution is 2.20. The lowest BCUT2D eigenvalue weighted by atomic mass is 10.3. The topological polar surface area (TPSA) is 38.3 Å². The Kier molecular flexibility index (Phi) is 5.25. The van der Waals surface area contributed by atoms with Gasteiger partial charge in [0.2, 0.25) is 0 Å². The molecule has 0 rings (SSSR count). The van der Waals surface area contributed by atoms with Crippen molar-refractivity contribution in [2.24, 2.45) is 0 Å². The van der Waals surface area contributed by atoms with Crippen molar-refractivity contribution in [1.82, 2.24) is 5.32 Å². The molecule has 0 unspecified atom stereocenters. The van der Waals surface area contributed by atoms with Gasteiger partial charge in [0.25, 0.3) is 0 Å². The second-order valence-corrected chi connectivity index (χ2v) is 2.37. The van der Waals surface area contributed by atoms with Crippen LogP contribution in [-0.2, 0) is 4.74 Å². The fraction of sp³-hybridized carbons (Fsp3) is 0.857. The molecule has 0 saturated carbocycles. The first-order valence-corrected chi connectivity index (χ1v) is 3.93. The second kappa shape index (κ2) is 5.66. The van der Waals surface area contributed by atoms with E-state index in [1.165, 1.54) is 0 Å². The molecule has 0 aromatic heterocycles. The average Bonchev–Trinajstić information content (AvgIpc) is 1.97. The number of hydrogen-bond donors (Lipinski definition) is 1. The third kappa shape index (κ3) is 8.97. The van der Waals surface area contributed by atoms with E-state index >= 15 is 0 Å². The van der Waals surface area contributed by atoms with E-state index in [9.17, 15) is 18.0 Å². The number of alkyl halides is 3. The number of amides is 1. The molecule has 0 radical (unpaired) electrons. The van der Waals surface area contributed by atoms with Gasteiger partial charge in [0, 0.05) is 13.0 Å². The van der Waals surface area contributed by atoms with Crippen LogP contribution in [-0.4, -0.2) is 25.4 Å². The fourth-order valence-corrected chi connectivity index (χ4v) is 0.661. The van der Waals surface area contributed by atoms with E-state index < -0.39 is 18.7 Å². The molecule has 6 heteroatoms. The number of rotatable bonds is 4. The number of carbonyl (C=O) groups is 1. The molecule has 0 heterocycles. The molecule has 0 aliphatic rings. The molecule has 0 fully saturated rings. The molecule has 0 aliphatic carbocycles. The maximum Gasteiger partial charge on any atom is 0.407 e. The zero-order chi connectivity index (χ0) is 10.3. The van der Waals surface area contributed by atoms with Gasteiger partial charge in [-0.1, -0.05) is 0 Å². The minimum Gasteiger partial charge on any atom is -0.450 e. The second-order valence-electron chi connectivity index (χ2n) is 2.37. The van der Waals surface area contributed by atoms with Crippen LogP contribution >= 0.6 is 0 Å². The highest BCUT2D eigenvalue weighted by molar-refractivity contribution is 5.66. The van der Waals surface area contributed by atoms with E-state index in [-0.39, 0.29) is 19.6 Å². The molecule has 0 aromatic rings. The van der Waals surface area contributed by atoms with Gasteiger partial charge in [-0.15, -0.1) is 0 Å². The summed E-state index contributed by atoms with van der Waals surface area (Å²) in [6.07, 6.45) is -5.84. The van der Waals surface area contributed by atoms with Crippen LogP contribution in [0.1, 0.15) is 19.8 Å². The largest absolute Gasteiger partial charge is 0.450 e. The molecule has 13 heavy (non-hydrogen) atoms. The van der Waals surface area contributed by atoms with Gasteiger partial charge in [-0.2, -0.15) is 13.2 Å². The van der Waals surface area contributed by atoms with Gasteiger partial charge in [-0.05, 0) is 13.3 Å². The zero-order valence-corrected chi connectivity index (χ0v) is 7.28. The van der Waals surface area contributed by atoms with Crippen LogP contribution in [0, 0.1) is 0 Å². The number of nitrogens with one attached hydrogen (secondary N) is 1. The third-order valence-electron chi connectivity index (χ3n) is 1.18. The maximum atomic E-state index is 11.6. The molecule has 0 saturated heterocycles. The lowest BCUT2D eigenvalue weighted by Crippen LogP contribution is -2.26. The lowest BCUT2D eigenvalue weighted by Gasteiger charge is -2.06. The van der Waals surface area contributed by atoms with Gasteiger partial charge in [0.05, 0.1) is 6.61 Å². The van der Waals surface area contributed by atoms with Crippen molar-refractivity contribution in [2.75, 3.05) is 13.2 Å². The Bertz CT molecular complexity index is 158. The Balaban J connectivity index is 3.31. The van der Waals surface area contributed by atoms with Crippen LogP contribution < -0.4 is 5.32 Å². The predicted molar refractivity (Wildman–Crippen MR) is 40.3 cm³/mol. The van der Waals surface area contributed by atoms with Gasteiger partial charge in [-0.25, -0.2) is 4.79 Å². The van der Waals surface area contributed by atoms with Crippen molar-refractivity contribution in [3.63, 3.8) is 0 Å². The minimum absolute atomic E-state index is 0.0155. The summed E-state index contributed by atoms with van der Waals surface area (Å²) < 4.78 is 39.2. The summed E-state index contributed by atoms with van der Waals surface area (Å²) in [7, 11) is 0. The molecule has 0 aromatic carbocycles. The molecule has 3 nitrogen and oxygen atoms in total. The van der Waals surface area contributed by atoms with Gasteiger partial charge in [0.15, 0.2) is 0 Å². The number of ether oxygens (including phenoxy) is 1. The van der Waals surface area contributed by atoms with Crippen molar-refractivity contribution >= 4 is 6.09 Å². The minimum atomic E-state index is -4.16. The Morgan fingerprint density at radius 3 is 2.54 bits per heavy atom. The quantitative estimate of drug-likeness (QED) is 0.704. The van der Waals surface area contributed by atoms with Crippen LogP contribution in [0.2, 0.25) is 0 Å². The van der Waals surface area contributed by atoms with Crippen LogP contribution in [0.25, 0.3) is 0 Å². The van der Waals surface area contributed by atoms with Crippen molar-refractivity contribution in [3.05, 3.63) is 0 Å². The van der Waals surface area contributed by atoms with Gasteiger partial charge < -0.3 is 10.1 Å². The standard InChI is InChI=1S/C7H12F3NO2/c1-2-13-6(12)11-5-3-4-7(8,9)10/h2-5H2,1H3,(H,11,12). The van der Waals surface area contributed by atoms with E-state index in [1.54, 1.807) is 6.92 Å². The first-order chi connectivity index (χ1) is 5.95. The summed E-state index contributed by atoms with van der Waals surface area (Å²) in [4.78, 5) is 10.6. The molecule has 0 aliphatic heterocycles. The Labute approximate surface area is 74.3 Å². The summed E-state index contributed by atoms with van der Waals surface area (Å²) in [5.74, 6) is 0. The van der Waals surface area contributed by atoms with Crippen LogP contribution in [0.3, 0.4) is 0 Å². The molecule has 1 N–H and O–H groups in total. The summed E-state index contributed by atoms with van der Waals surface area (Å²) >= 11 is 0. The van der Waals surface area contributed by atoms with Crippen LogP contribution in [0.4, 0.5) is 18.0 Å². The molecule has 0 bridgehead atoms.